The van der Waals surface area contributed by atoms with Gasteiger partial charge in [-0.15, -0.1) is 0 Å². The first-order valence-electron chi connectivity index (χ1n) is 11.0. The second-order valence-corrected chi connectivity index (χ2v) is 10.8. The van der Waals surface area contributed by atoms with Crippen LogP contribution in [0.15, 0.2) is 23.1 Å². The molecule has 2 aliphatic carbocycles. The Kier molecular flexibility index (Phi) is 6.27. The molecule has 7 heteroatoms. The number of sulfonamides is 1. The molecular formula is C22H32N2O4S. The fourth-order valence-electron chi connectivity index (χ4n) is 4.92. The van der Waals surface area contributed by atoms with E-state index in [9.17, 15) is 18.3 Å². The van der Waals surface area contributed by atoms with Crippen molar-refractivity contribution in [2.75, 3.05) is 13.1 Å². The van der Waals surface area contributed by atoms with Gasteiger partial charge in [0.2, 0.25) is 15.9 Å². The molecule has 6 nitrogen and oxygen atoms in total. The number of rotatable bonds is 4. The standard InChI is InChI=1S/C22H32N2O4S/c25-20-8-6-19(7-9-20)23-22(26)17-11-13-24(14-12-17)29(27,28)21-10-5-16-3-1-2-4-18(16)15-21/h5,10,15,17,19-20,25H,1-4,6-9,11-14H2,(H,23,26). The van der Waals surface area contributed by atoms with Gasteiger partial charge in [-0.25, -0.2) is 8.42 Å². The second kappa shape index (κ2) is 8.74. The van der Waals surface area contributed by atoms with Crippen molar-refractivity contribution in [3.63, 3.8) is 0 Å². The van der Waals surface area contributed by atoms with Crippen molar-refractivity contribution in [1.29, 1.82) is 0 Å². The van der Waals surface area contributed by atoms with Crippen LogP contribution in [0.3, 0.4) is 0 Å². The summed E-state index contributed by atoms with van der Waals surface area (Å²) in [7, 11) is -3.50. The minimum atomic E-state index is -3.50. The Morgan fingerprint density at radius 3 is 2.31 bits per heavy atom. The molecule has 1 aliphatic heterocycles. The third-order valence-electron chi connectivity index (χ3n) is 6.83. The summed E-state index contributed by atoms with van der Waals surface area (Å²) in [5.74, 6) is -0.0888. The Labute approximate surface area is 173 Å². The normalized spacial score (nSPS) is 26.7. The van der Waals surface area contributed by atoms with Gasteiger partial charge in [-0.3, -0.25) is 4.79 Å². The average Bonchev–Trinajstić information content (AvgIpc) is 2.75. The molecule has 0 bridgehead atoms. The number of carbonyl (C=O) groups excluding carboxylic acids is 1. The zero-order valence-corrected chi connectivity index (χ0v) is 17.8. The van der Waals surface area contributed by atoms with Gasteiger partial charge in [-0.1, -0.05) is 6.07 Å². The first kappa shape index (κ1) is 20.8. The van der Waals surface area contributed by atoms with Crippen LogP contribution >= 0.6 is 0 Å². The molecule has 1 saturated heterocycles. The number of aliphatic hydroxyl groups is 1. The molecule has 2 fully saturated rings. The van der Waals surface area contributed by atoms with Crippen LogP contribution in [-0.4, -0.2) is 49.0 Å². The predicted octanol–water partition coefficient (Wildman–Crippen LogP) is 2.39. The summed E-state index contributed by atoms with van der Waals surface area (Å²) in [6, 6.07) is 5.72. The highest BCUT2D eigenvalue weighted by Gasteiger charge is 2.33. The third-order valence-corrected chi connectivity index (χ3v) is 8.72. The maximum Gasteiger partial charge on any atom is 0.243 e. The van der Waals surface area contributed by atoms with Gasteiger partial charge < -0.3 is 10.4 Å². The van der Waals surface area contributed by atoms with Gasteiger partial charge in [-0.2, -0.15) is 4.31 Å². The van der Waals surface area contributed by atoms with Crippen molar-refractivity contribution in [3.8, 4) is 0 Å². The van der Waals surface area contributed by atoms with E-state index < -0.39 is 10.0 Å². The number of aryl methyl sites for hydroxylation is 2. The maximum atomic E-state index is 13.1. The van der Waals surface area contributed by atoms with Crippen molar-refractivity contribution in [2.24, 2.45) is 5.92 Å². The van der Waals surface area contributed by atoms with Crippen LogP contribution in [0.25, 0.3) is 0 Å². The zero-order valence-electron chi connectivity index (χ0n) is 17.0. The van der Waals surface area contributed by atoms with Crippen molar-refractivity contribution >= 4 is 15.9 Å². The molecule has 0 radical (unpaired) electrons. The van der Waals surface area contributed by atoms with E-state index in [1.807, 2.05) is 12.1 Å². The topological polar surface area (TPSA) is 86.7 Å². The van der Waals surface area contributed by atoms with E-state index in [1.54, 1.807) is 6.07 Å². The number of benzene rings is 1. The minimum Gasteiger partial charge on any atom is -0.393 e. The van der Waals surface area contributed by atoms with Crippen LogP contribution < -0.4 is 5.32 Å². The van der Waals surface area contributed by atoms with E-state index in [4.69, 9.17) is 0 Å². The Hall–Kier alpha value is -1.44. The first-order chi connectivity index (χ1) is 13.9. The monoisotopic (exact) mass is 420 g/mol. The zero-order chi connectivity index (χ0) is 20.4. The molecular weight excluding hydrogens is 388 g/mol. The van der Waals surface area contributed by atoms with Crippen LogP contribution in [0, 0.1) is 5.92 Å². The number of amides is 1. The summed E-state index contributed by atoms with van der Waals surface area (Å²) >= 11 is 0. The molecule has 1 heterocycles. The molecule has 0 atom stereocenters. The van der Waals surface area contributed by atoms with Crippen LogP contribution in [0.5, 0.6) is 0 Å². The van der Waals surface area contributed by atoms with E-state index in [0.717, 1.165) is 44.9 Å². The Morgan fingerprint density at radius 2 is 1.62 bits per heavy atom. The number of hydrogen-bond acceptors (Lipinski definition) is 4. The van der Waals surface area contributed by atoms with Gasteiger partial charge >= 0.3 is 0 Å². The van der Waals surface area contributed by atoms with Gasteiger partial charge in [0.1, 0.15) is 0 Å². The molecule has 2 N–H and O–H groups in total. The summed E-state index contributed by atoms with van der Waals surface area (Å²) in [4.78, 5) is 13.0. The van der Waals surface area contributed by atoms with Gasteiger partial charge in [0.25, 0.3) is 0 Å². The maximum absolute atomic E-state index is 13.1. The van der Waals surface area contributed by atoms with E-state index in [0.29, 0.717) is 30.8 Å². The lowest BCUT2D eigenvalue weighted by Crippen LogP contribution is -2.46. The number of fused-ring (bicyclic) bond motifs is 1. The van der Waals surface area contributed by atoms with E-state index in [2.05, 4.69) is 5.32 Å². The Bertz CT molecular complexity index is 838. The largest absolute Gasteiger partial charge is 0.393 e. The quantitative estimate of drug-likeness (QED) is 0.783. The van der Waals surface area contributed by atoms with Gasteiger partial charge in [0.05, 0.1) is 11.0 Å². The van der Waals surface area contributed by atoms with Crippen molar-refractivity contribution in [3.05, 3.63) is 29.3 Å². The highest BCUT2D eigenvalue weighted by molar-refractivity contribution is 7.89. The van der Waals surface area contributed by atoms with Gasteiger partial charge in [0, 0.05) is 25.0 Å². The molecule has 0 unspecified atom stereocenters. The summed E-state index contributed by atoms with van der Waals surface area (Å²) in [5.41, 5.74) is 2.45. The van der Waals surface area contributed by atoms with Crippen LogP contribution in [0.1, 0.15) is 62.5 Å². The first-order valence-corrected chi connectivity index (χ1v) is 12.5. The Balaban J connectivity index is 1.34. The summed E-state index contributed by atoms with van der Waals surface area (Å²) in [5, 5.41) is 12.7. The van der Waals surface area contributed by atoms with Gasteiger partial charge in [0.15, 0.2) is 0 Å². The number of aliphatic hydroxyl groups excluding tert-OH is 1. The number of carbonyl (C=O) groups is 1. The number of nitrogens with zero attached hydrogens (tertiary/aromatic N) is 1. The molecule has 1 aromatic rings. The van der Waals surface area contributed by atoms with Crippen LogP contribution in [-0.2, 0) is 27.7 Å². The summed E-state index contributed by atoms with van der Waals surface area (Å²) in [6.07, 6.45) is 8.29. The molecule has 160 valence electrons. The van der Waals surface area contributed by atoms with Crippen molar-refractivity contribution in [1.82, 2.24) is 9.62 Å². The fourth-order valence-corrected chi connectivity index (χ4v) is 6.44. The molecule has 29 heavy (non-hydrogen) atoms. The number of nitrogens with one attached hydrogen (secondary N) is 1. The lowest BCUT2D eigenvalue weighted by molar-refractivity contribution is -0.127. The highest BCUT2D eigenvalue weighted by atomic mass is 32.2. The molecule has 3 aliphatic rings. The number of hydrogen-bond donors (Lipinski definition) is 2. The second-order valence-electron chi connectivity index (χ2n) is 8.83. The molecule has 0 spiro atoms. The van der Waals surface area contributed by atoms with Crippen LogP contribution in [0.4, 0.5) is 0 Å². The van der Waals surface area contributed by atoms with Gasteiger partial charge in [-0.05, 0) is 87.5 Å². The summed E-state index contributed by atoms with van der Waals surface area (Å²) in [6.45, 7) is 0.780. The fraction of sp³-hybridized carbons (Fsp3) is 0.682. The highest BCUT2D eigenvalue weighted by Crippen LogP contribution is 2.28. The molecule has 1 aromatic carbocycles. The molecule has 1 amide bonds. The van der Waals surface area contributed by atoms with Crippen molar-refractivity contribution in [2.45, 2.75) is 81.2 Å². The molecule has 1 saturated carbocycles. The smallest absolute Gasteiger partial charge is 0.243 e. The third kappa shape index (κ3) is 4.67. The summed E-state index contributed by atoms with van der Waals surface area (Å²) < 4.78 is 27.7. The lowest BCUT2D eigenvalue weighted by atomic mass is 9.91. The average molecular weight is 421 g/mol. The minimum absolute atomic E-state index is 0.0391. The molecule has 0 aromatic heterocycles. The SMILES string of the molecule is O=C(NC1CCC(O)CC1)C1CCN(S(=O)(=O)c2ccc3c(c2)CCCC3)CC1. The van der Waals surface area contributed by atoms with Crippen molar-refractivity contribution < 1.29 is 18.3 Å². The Morgan fingerprint density at radius 1 is 0.966 bits per heavy atom. The van der Waals surface area contributed by atoms with E-state index in [1.165, 1.54) is 21.9 Å². The van der Waals surface area contributed by atoms with E-state index >= 15 is 0 Å². The van der Waals surface area contributed by atoms with E-state index in [-0.39, 0.29) is 24.0 Å². The molecule has 4 rings (SSSR count). The lowest BCUT2D eigenvalue weighted by Gasteiger charge is -2.33. The number of piperidine rings is 1. The van der Waals surface area contributed by atoms with Crippen LogP contribution in [0.2, 0.25) is 0 Å². The predicted molar refractivity (Wildman–Crippen MR) is 111 cm³/mol.